The molecule has 0 spiro atoms. The van der Waals surface area contributed by atoms with Crippen molar-refractivity contribution in [2.45, 2.75) is 13.5 Å². The fourth-order valence-corrected chi connectivity index (χ4v) is 2.19. The van der Waals surface area contributed by atoms with Gasteiger partial charge in [-0.15, -0.1) is 0 Å². The van der Waals surface area contributed by atoms with Gasteiger partial charge in [0, 0.05) is 24.3 Å². The number of hydrogen-bond donors (Lipinski definition) is 0. The molecule has 0 atom stereocenters. The number of aryl methyl sites for hydroxylation is 1. The SMILES string of the molecule is Cc1ccc(CN(C)C(=O)c2ncccc2Br)cc1. The van der Waals surface area contributed by atoms with Gasteiger partial charge in [-0.2, -0.15) is 0 Å². The molecule has 0 N–H and O–H groups in total. The fraction of sp³-hybridized carbons (Fsp3) is 0.200. The number of carbonyl (C=O) groups excluding carboxylic acids is 1. The predicted octanol–water partition coefficient (Wildman–Crippen LogP) is 3.42. The molecule has 19 heavy (non-hydrogen) atoms. The van der Waals surface area contributed by atoms with Gasteiger partial charge in [-0.05, 0) is 40.5 Å². The average molecular weight is 319 g/mol. The van der Waals surface area contributed by atoms with E-state index in [2.05, 4.69) is 20.9 Å². The van der Waals surface area contributed by atoms with Gasteiger partial charge in [0.15, 0.2) is 0 Å². The third-order valence-electron chi connectivity index (χ3n) is 2.85. The van der Waals surface area contributed by atoms with Gasteiger partial charge in [0.25, 0.3) is 5.91 Å². The molecule has 0 fully saturated rings. The molecule has 0 aliphatic rings. The number of pyridine rings is 1. The highest BCUT2D eigenvalue weighted by Gasteiger charge is 2.16. The molecule has 0 aliphatic carbocycles. The summed E-state index contributed by atoms with van der Waals surface area (Å²) >= 11 is 3.35. The van der Waals surface area contributed by atoms with Crippen molar-refractivity contribution in [1.82, 2.24) is 9.88 Å². The van der Waals surface area contributed by atoms with Crippen molar-refractivity contribution in [1.29, 1.82) is 0 Å². The molecule has 1 heterocycles. The summed E-state index contributed by atoms with van der Waals surface area (Å²) in [6.07, 6.45) is 1.62. The average Bonchev–Trinajstić information content (AvgIpc) is 2.41. The summed E-state index contributed by atoms with van der Waals surface area (Å²) in [5, 5.41) is 0. The summed E-state index contributed by atoms with van der Waals surface area (Å²) in [5.74, 6) is -0.0898. The van der Waals surface area contributed by atoms with Crippen molar-refractivity contribution >= 4 is 21.8 Å². The monoisotopic (exact) mass is 318 g/mol. The second-order valence-electron chi connectivity index (χ2n) is 4.48. The lowest BCUT2D eigenvalue weighted by Crippen LogP contribution is -2.27. The van der Waals surface area contributed by atoms with Crippen LogP contribution in [0.2, 0.25) is 0 Å². The molecule has 1 aromatic heterocycles. The van der Waals surface area contributed by atoms with E-state index in [1.807, 2.05) is 37.3 Å². The molecule has 1 amide bonds. The Morgan fingerprint density at radius 1 is 1.26 bits per heavy atom. The van der Waals surface area contributed by atoms with E-state index in [1.54, 1.807) is 24.2 Å². The Labute approximate surface area is 121 Å². The third-order valence-corrected chi connectivity index (χ3v) is 3.49. The van der Waals surface area contributed by atoms with Crippen LogP contribution < -0.4 is 0 Å². The zero-order chi connectivity index (χ0) is 13.8. The molecular formula is C15H15BrN2O. The van der Waals surface area contributed by atoms with Crippen LogP contribution in [-0.4, -0.2) is 22.8 Å². The van der Waals surface area contributed by atoms with Crippen molar-refractivity contribution in [2.24, 2.45) is 0 Å². The van der Waals surface area contributed by atoms with Gasteiger partial charge in [-0.25, -0.2) is 4.98 Å². The minimum Gasteiger partial charge on any atom is -0.336 e. The van der Waals surface area contributed by atoms with E-state index in [1.165, 1.54) is 5.56 Å². The van der Waals surface area contributed by atoms with Gasteiger partial charge in [-0.3, -0.25) is 4.79 Å². The Hall–Kier alpha value is -1.68. The lowest BCUT2D eigenvalue weighted by molar-refractivity contribution is 0.0778. The van der Waals surface area contributed by atoms with Crippen LogP contribution in [0.15, 0.2) is 47.1 Å². The lowest BCUT2D eigenvalue weighted by Gasteiger charge is -2.17. The third kappa shape index (κ3) is 3.41. The highest BCUT2D eigenvalue weighted by Crippen LogP contribution is 2.16. The molecular weight excluding hydrogens is 304 g/mol. The van der Waals surface area contributed by atoms with Crippen LogP contribution in [0.3, 0.4) is 0 Å². The molecule has 98 valence electrons. The van der Waals surface area contributed by atoms with E-state index >= 15 is 0 Å². The molecule has 0 unspecified atom stereocenters. The smallest absolute Gasteiger partial charge is 0.273 e. The Balaban J connectivity index is 2.12. The number of halogens is 1. The number of carbonyl (C=O) groups is 1. The van der Waals surface area contributed by atoms with Crippen LogP contribution >= 0.6 is 15.9 Å². The van der Waals surface area contributed by atoms with E-state index in [9.17, 15) is 4.79 Å². The normalized spacial score (nSPS) is 10.3. The maximum absolute atomic E-state index is 12.3. The minimum absolute atomic E-state index is 0.0898. The quantitative estimate of drug-likeness (QED) is 0.868. The maximum Gasteiger partial charge on any atom is 0.273 e. The largest absolute Gasteiger partial charge is 0.336 e. The number of benzene rings is 1. The zero-order valence-corrected chi connectivity index (χ0v) is 12.5. The Morgan fingerprint density at radius 2 is 1.95 bits per heavy atom. The van der Waals surface area contributed by atoms with Crippen LogP contribution in [0, 0.1) is 6.92 Å². The van der Waals surface area contributed by atoms with Crippen molar-refractivity contribution in [3.8, 4) is 0 Å². The zero-order valence-electron chi connectivity index (χ0n) is 10.9. The van der Waals surface area contributed by atoms with Crippen molar-refractivity contribution in [3.63, 3.8) is 0 Å². The molecule has 4 heteroatoms. The molecule has 0 bridgehead atoms. The van der Waals surface area contributed by atoms with E-state index in [0.717, 1.165) is 10.0 Å². The fourth-order valence-electron chi connectivity index (χ4n) is 1.76. The molecule has 2 rings (SSSR count). The number of amides is 1. The van der Waals surface area contributed by atoms with E-state index in [0.29, 0.717) is 12.2 Å². The topological polar surface area (TPSA) is 33.2 Å². The van der Waals surface area contributed by atoms with Gasteiger partial charge in [0.1, 0.15) is 5.69 Å². The molecule has 0 saturated carbocycles. The van der Waals surface area contributed by atoms with Gasteiger partial charge in [0.05, 0.1) is 0 Å². The number of nitrogens with zero attached hydrogens (tertiary/aromatic N) is 2. The van der Waals surface area contributed by atoms with Crippen LogP contribution in [0.4, 0.5) is 0 Å². The first-order valence-electron chi connectivity index (χ1n) is 5.99. The summed E-state index contributed by atoms with van der Waals surface area (Å²) in [7, 11) is 1.78. The van der Waals surface area contributed by atoms with Crippen LogP contribution in [0.5, 0.6) is 0 Å². The highest BCUT2D eigenvalue weighted by molar-refractivity contribution is 9.10. The molecule has 0 aliphatic heterocycles. The van der Waals surface area contributed by atoms with Crippen LogP contribution in [0.25, 0.3) is 0 Å². The summed E-state index contributed by atoms with van der Waals surface area (Å²) in [6, 6.07) is 11.8. The maximum atomic E-state index is 12.3. The van der Waals surface area contributed by atoms with Gasteiger partial charge in [0.2, 0.25) is 0 Å². The standard InChI is InChI=1S/C15H15BrN2O/c1-11-5-7-12(8-6-11)10-18(2)15(19)14-13(16)4-3-9-17-14/h3-9H,10H2,1-2H3. The Bertz CT molecular complexity index is 581. The highest BCUT2D eigenvalue weighted by atomic mass is 79.9. The van der Waals surface area contributed by atoms with Crippen LogP contribution in [-0.2, 0) is 6.54 Å². The van der Waals surface area contributed by atoms with Gasteiger partial charge in [-0.1, -0.05) is 29.8 Å². The van der Waals surface area contributed by atoms with E-state index < -0.39 is 0 Å². The van der Waals surface area contributed by atoms with Crippen molar-refractivity contribution < 1.29 is 4.79 Å². The van der Waals surface area contributed by atoms with Crippen molar-refractivity contribution in [2.75, 3.05) is 7.05 Å². The summed E-state index contributed by atoms with van der Waals surface area (Å²) < 4.78 is 0.718. The second kappa shape index (κ2) is 5.97. The summed E-state index contributed by atoms with van der Waals surface area (Å²) in [6.45, 7) is 2.62. The lowest BCUT2D eigenvalue weighted by atomic mass is 10.1. The van der Waals surface area contributed by atoms with E-state index in [4.69, 9.17) is 0 Å². The second-order valence-corrected chi connectivity index (χ2v) is 5.33. The first kappa shape index (κ1) is 13.7. The summed E-state index contributed by atoms with van der Waals surface area (Å²) in [4.78, 5) is 18.1. The van der Waals surface area contributed by atoms with Crippen LogP contribution in [0.1, 0.15) is 21.6 Å². The number of rotatable bonds is 3. The molecule has 0 radical (unpaired) electrons. The van der Waals surface area contributed by atoms with E-state index in [-0.39, 0.29) is 5.91 Å². The van der Waals surface area contributed by atoms with Crippen molar-refractivity contribution in [3.05, 3.63) is 63.9 Å². The predicted molar refractivity (Wildman–Crippen MR) is 78.9 cm³/mol. The van der Waals surface area contributed by atoms with Gasteiger partial charge < -0.3 is 4.90 Å². The van der Waals surface area contributed by atoms with Gasteiger partial charge >= 0.3 is 0 Å². The molecule has 1 aromatic carbocycles. The summed E-state index contributed by atoms with van der Waals surface area (Å²) in [5.41, 5.74) is 2.76. The first-order chi connectivity index (χ1) is 9.08. The Morgan fingerprint density at radius 3 is 2.58 bits per heavy atom. The Kier molecular flexibility index (Phi) is 4.32. The minimum atomic E-state index is -0.0898. The number of hydrogen-bond acceptors (Lipinski definition) is 2. The molecule has 0 saturated heterocycles. The molecule has 2 aromatic rings. The first-order valence-corrected chi connectivity index (χ1v) is 6.79. The molecule has 3 nitrogen and oxygen atoms in total. The number of aromatic nitrogens is 1.